The Labute approximate surface area is 134 Å². The molecule has 0 aliphatic carbocycles. The van der Waals surface area contributed by atoms with E-state index in [1.165, 1.54) is 0 Å². The molecule has 0 bridgehead atoms. The van der Waals surface area contributed by atoms with Crippen LogP contribution in [0.2, 0.25) is 58.9 Å². The van der Waals surface area contributed by atoms with Crippen LogP contribution in [0.25, 0.3) is 0 Å². The Balaban J connectivity index is 4.50. The van der Waals surface area contributed by atoms with Gasteiger partial charge in [-0.25, -0.2) is 0 Å². The van der Waals surface area contributed by atoms with E-state index in [9.17, 15) is 4.79 Å². The summed E-state index contributed by atoms with van der Waals surface area (Å²) in [4.78, 5) is 15.9. The molecule has 0 amide bonds. The first-order chi connectivity index (χ1) is 9.20. The van der Waals surface area contributed by atoms with Gasteiger partial charge in [-0.2, -0.15) is 0 Å². The van der Waals surface area contributed by atoms with Crippen LogP contribution in [0.1, 0.15) is 12.8 Å². The van der Waals surface area contributed by atoms with E-state index in [4.69, 9.17) is 8.85 Å². The summed E-state index contributed by atoms with van der Waals surface area (Å²) >= 11 is 0. The zero-order valence-corrected chi connectivity index (χ0v) is 18.4. The molecule has 7 heteroatoms. The molecule has 0 aromatic rings. The summed E-state index contributed by atoms with van der Waals surface area (Å²) in [6.45, 7) is 20.1. The quantitative estimate of drug-likeness (QED) is 0.508. The molecule has 0 rings (SSSR count). The van der Waals surface area contributed by atoms with Crippen molar-refractivity contribution in [3.8, 4) is 0 Å². The van der Waals surface area contributed by atoms with Gasteiger partial charge >= 0.3 is 5.97 Å². The molecule has 0 aliphatic heterocycles. The number of carbonyl (C=O) groups excluding carboxylic acids is 1. The van der Waals surface area contributed by atoms with E-state index in [2.05, 4.69) is 44.3 Å². The molecule has 1 N–H and O–H groups in total. The van der Waals surface area contributed by atoms with E-state index in [0.717, 1.165) is 19.4 Å². The molecule has 0 aromatic carbocycles. The summed E-state index contributed by atoms with van der Waals surface area (Å²) in [5.74, 6) is -0.0791. The van der Waals surface area contributed by atoms with Crippen molar-refractivity contribution in [2.24, 2.45) is 0 Å². The van der Waals surface area contributed by atoms with Crippen LogP contribution >= 0.6 is 0 Å². The fourth-order valence-corrected chi connectivity index (χ4v) is 4.62. The molecule has 0 heterocycles. The molecule has 0 saturated carbocycles. The molecule has 0 saturated heterocycles. The lowest BCUT2D eigenvalue weighted by Crippen LogP contribution is -2.53. The van der Waals surface area contributed by atoms with Gasteiger partial charge in [0, 0.05) is 6.61 Å². The van der Waals surface area contributed by atoms with Gasteiger partial charge in [-0.15, -0.1) is 0 Å². The molecule has 0 fully saturated rings. The van der Waals surface area contributed by atoms with Gasteiger partial charge < -0.3 is 13.8 Å². The third-order valence-electron chi connectivity index (χ3n) is 2.47. The zero-order valence-electron chi connectivity index (χ0n) is 15.4. The summed E-state index contributed by atoms with van der Waals surface area (Å²) in [6.07, 6.45) is 1.69. The molecule has 4 nitrogen and oxygen atoms in total. The number of carbonyl (C=O) groups is 1. The van der Waals surface area contributed by atoms with Crippen molar-refractivity contribution in [3.05, 3.63) is 0 Å². The average molecular weight is 350 g/mol. The normalized spacial score (nSPS) is 14.9. The lowest BCUT2D eigenvalue weighted by Gasteiger charge is -2.29. The number of hydrogen-bond donors (Lipinski definition) is 1. The van der Waals surface area contributed by atoms with Crippen molar-refractivity contribution in [1.82, 2.24) is 4.98 Å². The monoisotopic (exact) mass is 349 g/mol. The van der Waals surface area contributed by atoms with Gasteiger partial charge in [0.25, 0.3) is 0 Å². The predicted octanol–water partition coefficient (Wildman–Crippen LogP) is 3.79. The minimum Gasteiger partial charge on any atom is -0.519 e. The van der Waals surface area contributed by atoms with Crippen molar-refractivity contribution in [3.63, 3.8) is 0 Å². The second-order valence-corrected chi connectivity index (χ2v) is 22.3. The molecular weight excluding hydrogens is 314 g/mol. The predicted molar refractivity (Wildman–Crippen MR) is 98.2 cm³/mol. The van der Waals surface area contributed by atoms with Crippen LogP contribution in [0.4, 0.5) is 0 Å². The van der Waals surface area contributed by atoms with Crippen molar-refractivity contribution in [2.75, 3.05) is 6.61 Å². The highest BCUT2D eigenvalue weighted by molar-refractivity contribution is 6.74. The van der Waals surface area contributed by atoms with Crippen LogP contribution in [-0.4, -0.2) is 43.5 Å². The number of rotatable bonds is 9. The fourth-order valence-electron chi connectivity index (χ4n) is 1.81. The smallest absolute Gasteiger partial charge is 0.309 e. The molecule has 0 aromatic heterocycles. The molecule has 0 radical (unpaired) electrons. The van der Waals surface area contributed by atoms with Crippen molar-refractivity contribution < 1.29 is 13.6 Å². The Morgan fingerprint density at radius 3 is 1.86 bits per heavy atom. The van der Waals surface area contributed by atoms with Crippen LogP contribution in [0.15, 0.2) is 0 Å². The van der Waals surface area contributed by atoms with Crippen LogP contribution in [0.3, 0.4) is 0 Å². The van der Waals surface area contributed by atoms with Crippen LogP contribution < -0.4 is 4.98 Å². The van der Waals surface area contributed by atoms with Gasteiger partial charge in [0.05, 0.1) is 6.04 Å². The lowest BCUT2D eigenvalue weighted by atomic mass is 10.2. The molecule has 0 spiro atoms. The first-order valence-electron chi connectivity index (χ1n) is 7.84. The molecule has 0 aliphatic rings. The highest BCUT2D eigenvalue weighted by Gasteiger charge is 2.29. The Morgan fingerprint density at radius 1 is 0.952 bits per heavy atom. The maximum absolute atomic E-state index is 12.4. The molecule has 1 unspecified atom stereocenters. The van der Waals surface area contributed by atoms with Crippen LogP contribution in [-0.2, 0) is 13.6 Å². The standard InChI is InChI=1S/C14H35NO3Si3/c1-19(2,3)15-13(14(16)18-21(7,8)9)11-10-12-17-20(4,5)6/h13,15H,10-12H2,1-9H3. The van der Waals surface area contributed by atoms with Crippen molar-refractivity contribution >= 4 is 30.8 Å². The Morgan fingerprint density at radius 2 is 1.48 bits per heavy atom. The Hall–Kier alpha value is 0.0406. The molecule has 1 atom stereocenters. The third-order valence-corrected chi connectivity index (χ3v) is 5.57. The second-order valence-electron chi connectivity index (χ2n) is 8.58. The van der Waals surface area contributed by atoms with Gasteiger partial charge in [-0.1, -0.05) is 19.6 Å². The molecule has 21 heavy (non-hydrogen) atoms. The first kappa shape index (κ1) is 21.0. The lowest BCUT2D eigenvalue weighted by molar-refractivity contribution is -0.137. The topological polar surface area (TPSA) is 47.6 Å². The van der Waals surface area contributed by atoms with E-state index in [1.54, 1.807) is 0 Å². The Kier molecular flexibility index (Phi) is 8.07. The second kappa shape index (κ2) is 8.05. The zero-order chi connectivity index (χ0) is 16.9. The minimum atomic E-state index is -1.83. The van der Waals surface area contributed by atoms with Gasteiger partial charge in [0.2, 0.25) is 8.32 Å². The third kappa shape index (κ3) is 13.4. The van der Waals surface area contributed by atoms with E-state index < -0.39 is 24.9 Å². The van der Waals surface area contributed by atoms with Crippen molar-refractivity contribution in [2.45, 2.75) is 77.8 Å². The SMILES string of the molecule is C[Si](C)(C)NC(CCCO[Si](C)(C)C)C(=O)O[Si](C)(C)C. The van der Waals surface area contributed by atoms with Crippen LogP contribution in [0, 0.1) is 0 Å². The van der Waals surface area contributed by atoms with Gasteiger partial charge in [0.15, 0.2) is 8.32 Å². The largest absolute Gasteiger partial charge is 0.519 e. The summed E-state index contributed by atoms with van der Waals surface area (Å²) in [5.41, 5.74) is 0. The maximum atomic E-state index is 12.4. The van der Waals surface area contributed by atoms with E-state index in [-0.39, 0.29) is 12.0 Å². The summed E-state index contributed by atoms with van der Waals surface area (Å²) < 4.78 is 11.5. The number of nitrogens with one attached hydrogen (secondary N) is 1. The summed E-state index contributed by atoms with van der Waals surface area (Å²) in [5, 5.41) is 0. The molecule has 126 valence electrons. The van der Waals surface area contributed by atoms with Gasteiger partial charge in [-0.3, -0.25) is 4.79 Å². The average Bonchev–Trinajstić information content (AvgIpc) is 2.16. The highest BCUT2D eigenvalue weighted by atomic mass is 28.4. The highest BCUT2D eigenvalue weighted by Crippen LogP contribution is 2.12. The fraction of sp³-hybridized carbons (Fsp3) is 0.929. The van der Waals surface area contributed by atoms with E-state index in [1.807, 2.05) is 19.6 Å². The van der Waals surface area contributed by atoms with E-state index in [0.29, 0.717) is 0 Å². The van der Waals surface area contributed by atoms with Gasteiger partial charge in [-0.05, 0) is 52.1 Å². The van der Waals surface area contributed by atoms with E-state index >= 15 is 0 Å². The summed E-state index contributed by atoms with van der Waals surface area (Å²) in [7, 11) is -4.82. The summed E-state index contributed by atoms with van der Waals surface area (Å²) in [6, 6.07) is -0.186. The minimum absolute atomic E-state index is 0.0791. The maximum Gasteiger partial charge on any atom is 0.309 e. The van der Waals surface area contributed by atoms with Gasteiger partial charge in [0.1, 0.15) is 8.24 Å². The van der Waals surface area contributed by atoms with Crippen molar-refractivity contribution in [1.29, 1.82) is 0 Å². The molecular formula is C14H35NO3Si3. The van der Waals surface area contributed by atoms with Crippen LogP contribution in [0.5, 0.6) is 0 Å². The number of hydrogen-bond acceptors (Lipinski definition) is 4. The first-order valence-corrected chi connectivity index (χ1v) is 18.2. The Bertz CT molecular complexity index is 330.